The van der Waals surface area contributed by atoms with Crippen LogP contribution in [0.25, 0.3) is 0 Å². The second-order valence-corrected chi connectivity index (χ2v) is 9.66. The van der Waals surface area contributed by atoms with Crippen molar-refractivity contribution < 1.29 is 38.6 Å². The Morgan fingerprint density at radius 3 is 2.54 bits per heavy atom. The molecule has 0 radical (unpaired) electrons. The molecule has 3 heterocycles. The third-order valence-corrected chi connectivity index (χ3v) is 6.95. The molecule has 0 spiro atoms. The third kappa shape index (κ3) is 5.60. The Morgan fingerprint density at radius 1 is 1.16 bits per heavy atom. The molecule has 1 aromatic rings. The number of nitrogens with one attached hydrogen (secondary N) is 2. The van der Waals surface area contributed by atoms with Gasteiger partial charge in [-0.3, -0.25) is 29.0 Å². The number of carbonyl (C=O) groups excluding carboxylic acids is 5. The number of halogens is 2. The van der Waals surface area contributed by atoms with Gasteiger partial charge in [0.2, 0.25) is 18.1 Å². The zero-order chi connectivity index (χ0) is 26.9. The molecule has 3 saturated heterocycles. The molecule has 3 aliphatic heterocycles. The molecule has 0 aromatic heterocycles. The number of rotatable bonds is 6. The molecule has 3 N–H and O–H groups in total. The van der Waals surface area contributed by atoms with Crippen molar-refractivity contribution in [3.05, 3.63) is 27.7 Å². The lowest BCUT2D eigenvalue weighted by atomic mass is 10.0. The molecule has 4 amide bonds. The van der Waals surface area contributed by atoms with Crippen molar-refractivity contribution in [2.45, 2.75) is 63.4 Å². The van der Waals surface area contributed by atoms with Crippen LogP contribution in [-0.2, 0) is 28.7 Å². The number of hydrazine groups is 1. The fraction of sp³-hybridized carbons (Fsp3) is 0.522. The number of ether oxygens (including phenoxy) is 2. The maximum atomic E-state index is 13.6. The van der Waals surface area contributed by atoms with Gasteiger partial charge >= 0.3 is 5.97 Å². The number of benzene rings is 1. The lowest BCUT2D eigenvalue weighted by Crippen LogP contribution is -2.64. The summed E-state index contributed by atoms with van der Waals surface area (Å²) in [5.41, 5.74) is 0.00818. The molecular weight excluding hydrogens is 531 g/mol. The van der Waals surface area contributed by atoms with Crippen LogP contribution in [0.2, 0.25) is 10.0 Å². The van der Waals surface area contributed by atoms with E-state index in [0.29, 0.717) is 6.42 Å². The number of esters is 1. The number of phenolic OH excluding ortho intramolecular Hbond substituents is 1. The molecule has 200 valence electrons. The van der Waals surface area contributed by atoms with Crippen LogP contribution >= 0.6 is 23.2 Å². The molecule has 4 atom stereocenters. The summed E-state index contributed by atoms with van der Waals surface area (Å²) >= 11 is 11.8. The number of cyclic esters (lactones) is 1. The summed E-state index contributed by atoms with van der Waals surface area (Å²) in [6.45, 7) is 2.23. The fourth-order valence-corrected chi connectivity index (χ4v) is 5.08. The van der Waals surface area contributed by atoms with Crippen LogP contribution in [0.3, 0.4) is 0 Å². The molecule has 1 unspecified atom stereocenters. The molecule has 0 aliphatic carbocycles. The van der Waals surface area contributed by atoms with Gasteiger partial charge < -0.3 is 25.2 Å². The highest BCUT2D eigenvalue weighted by Crippen LogP contribution is 2.33. The Kier molecular flexibility index (Phi) is 8.10. The first-order valence-electron chi connectivity index (χ1n) is 11.8. The molecule has 3 aliphatic rings. The number of nitrogens with zero attached hydrogens (tertiary/aromatic N) is 2. The van der Waals surface area contributed by atoms with E-state index in [1.807, 2.05) is 0 Å². The minimum absolute atomic E-state index is 0.00818. The van der Waals surface area contributed by atoms with Crippen LogP contribution in [0.15, 0.2) is 12.1 Å². The number of hydrogen-bond acceptors (Lipinski definition) is 8. The standard InChI is InChI=1S/C23H26Cl2N4O8/c1-2-36-23-15(10-18(31)37-23)27-21(34)16-4-3-7-28-17(30)6-5-14(22(35)29(16)28)26-20(33)11-8-12(24)19(32)13(25)9-11/h8-9,14-16,23,32H,2-7,10H2,1H3,(H,26,33)(H,27,34)/t14-,15-,16-,23?/m0/s1. The Bertz CT molecular complexity index is 1110. The van der Waals surface area contributed by atoms with Crippen LogP contribution in [0.4, 0.5) is 0 Å². The largest absolute Gasteiger partial charge is 0.505 e. The number of hydrogen-bond donors (Lipinski definition) is 3. The molecule has 37 heavy (non-hydrogen) atoms. The highest BCUT2D eigenvalue weighted by Gasteiger charge is 2.46. The van der Waals surface area contributed by atoms with Gasteiger partial charge in [-0.25, -0.2) is 5.01 Å². The monoisotopic (exact) mass is 556 g/mol. The van der Waals surface area contributed by atoms with Crippen LogP contribution in [0.5, 0.6) is 5.75 Å². The summed E-state index contributed by atoms with van der Waals surface area (Å²) in [4.78, 5) is 64.4. The summed E-state index contributed by atoms with van der Waals surface area (Å²) in [5.74, 6) is -3.15. The Balaban J connectivity index is 1.53. The van der Waals surface area contributed by atoms with E-state index < -0.39 is 48.1 Å². The Morgan fingerprint density at radius 2 is 1.86 bits per heavy atom. The lowest BCUT2D eigenvalue weighted by Gasteiger charge is -2.43. The maximum absolute atomic E-state index is 13.6. The van der Waals surface area contributed by atoms with Crippen molar-refractivity contribution in [2.24, 2.45) is 0 Å². The third-order valence-electron chi connectivity index (χ3n) is 6.37. The lowest BCUT2D eigenvalue weighted by molar-refractivity contribution is -0.177. The van der Waals surface area contributed by atoms with Crippen molar-refractivity contribution >= 4 is 52.8 Å². The number of amides is 4. The molecule has 14 heteroatoms. The summed E-state index contributed by atoms with van der Waals surface area (Å²) < 4.78 is 10.5. The van der Waals surface area contributed by atoms with Gasteiger partial charge in [-0.15, -0.1) is 0 Å². The van der Waals surface area contributed by atoms with Crippen molar-refractivity contribution in [3.63, 3.8) is 0 Å². The van der Waals surface area contributed by atoms with Crippen LogP contribution < -0.4 is 10.6 Å². The van der Waals surface area contributed by atoms with Crippen LogP contribution in [0, 0.1) is 0 Å². The van der Waals surface area contributed by atoms with Crippen molar-refractivity contribution in [3.8, 4) is 5.75 Å². The molecule has 12 nitrogen and oxygen atoms in total. The first-order valence-corrected chi connectivity index (χ1v) is 12.6. The van der Waals surface area contributed by atoms with E-state index in [-0.39, 0.29) is 66.1 Å². The van der Waals surface area contributed by atoms with Gasteiger partial charge in [-0.1, -0.05) is 23.2 Å². The summed E-state index contributed by atoms with van der Waals surface area (Å²) in [5, 5.41) is 17.1. The number of aromatic hydroxyl groups is 1. The zero-order valence-electron chi connectivity index (χ0n) is 19.9. The first kappa shape index (κ1) is 27.0. The highest BCUT2D eigenvalue weighted by molar-refractivity contribution is 6.37. The average Bonchev–Trinajstić information content (AvgIpc) is 3.15. The number of carbonyl (C=O) groups is 5. The fourth-order valence-electron chi connectivity index (χ4n) is 4.59. The van der Waals surface area contributed by atoms with Crippen molar-refractivity contribution in [2.75, 3.05) is 13.2 Å². The second-order valence-electron chi connectivity index (χ2n) is 8.84. The Hall–Kier alpha value is -3.09. The minimum atomic E-state index is -1.12. The van der Waals surface area contributed by atoms with E-state index in [4.69, 9.17) is 32.7 Å². The minimum Gasteiger partial charge on any atom is -0.505 e. The molecule has 3 fully saturated rings. The summed E-state index contributed by atoms with van der Waals surface area (Å²) in [6.07, 6.45) is -0.303. The van der Waals surface area contributed by atoms with Gasteiger partial charge in [0, 0.05) is 25.1 Å². The topological polar surface area (TPSA) is 155 Å². The molecule has 0 saturated carbocycles. The molecule has 1 aromatic carbocycles. The van der Waals surface area contributed by atoms with Crippen molar-refractivity contribution in [1.29, 1.82) is 0 Å². The SMILES string of the molecule is CCOC1OC(=O)C[C@@H]1NC(=O)[C@@H]1CCCN2C(=O)CC[C@H](NC(=O)c3cc(Cl)c(O)c(Cl)c3)C(=O)N12. The first-order chi connectivity index (χ1) is 17.6. The normalized spacial score (nSPS) is 25.9. The van der Waals surface area contributed by atoms with E-state index in [9.17, 15) is 29.1 Å². The van der Waals surface area contributed by atoms with E-state index in [1.165, 1.54) is 17.1 Å². The van der Waals surface area contributed by atoms with Gasteiger partial charge in [0.15, 0.2) is 5.75 Å². The zero-order valence-corrected chi connectivity index (χ0v) is 21.4. The van der Waals surface area contributed by atoms with Crippen LogP contribution in [-0.4, -0.2) is 82.3 Å². The maximum Gasteiger partial charge on any atom is 0.310 e. The highest BCUT2D eigenvalue weighted by atomic mass is 35.5. The van der Waals surface area contributed by atoms with Crippen LogP contribution in [0.1, 0.15) is 49.4 Å². The van der Waals surface area contributed by atoms with E-state index in [2.05, 4.69) is 10.6 Å². The summed E-state index contributed by atoms with van der Waals surface area (Å²) in [6, 6.07) is -0.499. The predicted molar refractivity (Wildman–Crippen MR) is 128 cm³/mol. The molecular formula is C23H26Cl2N4O8. The quantitative estimate of drug-likeness (QED) is 0.440. The average molecular weight is 557 g/mol. The van der Waals surface area contributed by atoms with Gasteiger partial charge in [0.05, 0.1) is 16.5 Å². The smallest absolute Gasteiger partial charge is 0.310 e. The predicted octanol–water partition coefficient (Wildman–Crippen LogP) is 1.12. The molecule has 4 rings (SSSR count). The number of fused-ring (bicyclic) bond motifs is 1. The van der Waals surface area contributed by atoms with Gasteiger partial charge in [0.1, 0.15) is 18.1 Å². The van der Waals surface area contributed by atoms with E-state index in [1.54, 1.807) is 6.92 Å². The second kappa shape index (κ2) is 11.1. The van der Waals surface area contributed by atoms with E-state index >= 15 is 0 Å². The Labute approximate surface area is 222 Å². The summed E-state index contributed by atoms with van der Waals surface area (Å²) in [7, 11) is 0. The van der Waals surface area contributed by atoms with Gasteiger partial charge in [-0.05, 0) is 38.3 Å². The van der Waals surface area contributed by atoms with Gasteiger partial charge in [0.25, 0.3) is 11.8 Å². The van der Waals surface area contributed by atoms with E-state index in [0.717, 1.165) is 5.01 Å². The molecule has 0 bridgehead atoms. The van der Waals surface area contributed by atoms with Crippen molar-refractivity contribution in [1.82, 2.24) is 20.7 Å². The number of phenols is 1. The van der Waals surface area contributed by atoms with Gasteiger partial charge in [-0.2, -0.15) is 0 Å².